The molecule has 0 heterocycles. The zero-order chi connectivity index (χ0) is 8.81. The van der Waals surface area contributed by atoms with E-state index < -0.39 is 0 Å². The van der Waals surface area contributed by atoms with E-state index in [1.807, 2.05) is 0 Å². The minimum atomic E-state index is 0.404. The summed E-state index contributed by atoms with van der Waals surface area (Å²) in [6.45, 7) is 2.60. The fourth-order valence-electron chi connectivity index (χ4n) is 2.39. The molecule has 1 nitrogen and oxygen atoms in total. The van der Waals surface area contributed by atoms with Gasteiger partial charge in [-0.2, -0.15) is 0 Å². The van der Waals surface area contributed by atoms with E-state index in [9.17, 15) is 5.11 Å². The number of aliphatic hydroxyl groups is 1. The molecule has 1 N–H and O–H groups in total. The van der Waals surface area contributed by atoms with Crippen molar-refractivity contribution in [2.75, 3.05) is 6.61 Å². The fraction of sp³-hybridized carbons (Fsp3) is 1.00. The van der Waals surface area contributed by atoms with Gasteiger partial charge in [-0.05, 0) is 11.8 Å². The Balaban J connectivity index is 2.35. The van der Waals surface area contributed by atoms with Crippen LogP contribution in [0.2, 0.25) is 0 Å². The van der Waals surface area contributed by atoms with Gasteiger partial charge in [0, 0.05) is 6.61 Å². The third kappa shape index (κ3) is 2.78. The van der Waals surface area contributed by atoms with E-state index in [1.54, 1.807) is 0 Å². The van der Waals surface area contributed by atoms with E-state index >= 15 is 0 Å². The highest BCUT2D eigenvalue weighted by atomic mass is 16.3. The van der Waals surface area contributed by atoms with E-state index in [0.717, 1.165) is 12.3 Å². The summed E-state index contributed by atoms with van der Waals surface area (Å²) in [5.41, 5.74) is 0. The molecule has 0 aliphatic heterocycles. The van der Waals surface area contributed by atoms with Gasteiger partial charge in [0.05, 0.1) is 0 Å². The summed E-state index contributed by atoms with van der Waals surface area (Å²) >= 11 is 0. The third-order valence-electron chi connectivity index (χ3n) is 3.33. The summed E-state index contributed by atoms with van der Waals surface area (Å²) in [6.07, 6.45) is 9.48. The highest BCUT2D eigenvalue weighted by Gasteiger charge is 2.20. The molecule has 1 fully saturated rings. The minimum Gasteiger partial charge on any atom is -0.396 e. The van der Waals surface area contributed by atoms with Gasteiger partial charge in [-0.15, -0.1) is 0 Å². The van der Waals surface area contributed by atoms with Gasteiger partial charge < -0.3 is 5.11 Å². The van der Waals surface area contributed by atoms with Crippen molar-refractivity contribution in [1.82, 2.24) is 0 Å². The minimum absolute atomic E-state index is 0.404. The van der Waals surface area contributed by atoms with Crippen molar-refractivity contribution in [2.24, 2.45) is 11.8 Å². The Morgan fingerprint density at radius 1 is 1.17 bits per heavy atom. The molecular formula is C11H22O. The van der Waals surface area contributed by atoms with Crippen LogP contribution in [-0.2, 0) is 0 Å². The predicted octanol–water partition coefficient (Wildman–Crippen LogP) is 2.98. The summed E-state index contributed by atoms with van der Waals surface area (Å²) in [5.74, 6) is 1.41. The average molecular weight is 170 g/mol. The molecule has 1 rings (SSSR count). The maximum absolute atomic E-state index is 9.17. The molecule has 0 aromatic carbocycles. The standard InChI is InChI=1S/C11H22O/c1-2-10(9-12)11-7-5-3-4-6-8-11/h10-12H,2-9H2,1H3. The Bertz CT molecular complexity index is 99.6. The Morgan fingerprint density at radius 3 is 2.17 bits per heavy atom. The van der Waals surface area contributed by atoms with E-state index in [-0.39, 0.29) is 0 Å². The molecule has 0 aromatic heterocycles. The zero-order valence-corrected chi connectivity index (χ0v) is 8.26. The van der Waals surface area contributed by atoms with Gasteiger partial charge in [-0.3, -0.25) is 0 Å². The molecule has 1 saturated carbocycles. The van der Waals surface area contributed by atoms with Crippen LogP contribution in [0.1, 0.15) is 51.9 Å². The Hall–Kier alpha value is -0.0400. The molecule has 0 spiro atoms. The lowest BCUT2D eigenvalue weighted by Crippen LogP contribution is -2.17. The highest BCUT2D eigenvalue weighted by Crippen LogP contribution is 2.30. The molecule has 1 aliphatic rings. The van der Waals surface area contributed by atoms with Crippen LogP contribution in [0.5, 0.6) is 0 Å². The van der Waals surface area contributed by atoms with Gasteiger partial charge >= 0.3 is 0 Å². The molecule has 0 aromatic rings. The number of rotatable bonds is 3. The second-order valence-corrected chi connectivity index (χ2v) is 4.10. The molecule has 0 radical (unpaired) electrons. The lowest BCUT2D eigenvalue weighted by molar-refractivity contribution is 0.160. The maximum atomic E-state index is 9.17. The lowest BCUT2D eigenvalue weighted by Gasteiger charge is -2.22. The van der Waals surface area contributed by atoms with E-state index in [4.69, 9.17) is 0 Å². The topological polar surface area (TPSA) is 20.2 Å². The van der Waals surface area contributed by atoms with Crippen molar-refractivity contribution < 1.29 is 5.11 Å². The van der Waals surface area contributed by atoms with Crippen molar-refractivity contribution in [3.63, 3.8) is 0 Å². The van der Waals surface area contributed by atoms with E-state index in [1.165, 1.54) is 38.5 Å². The summed E-state index contributed by atoms with van der Waals surface area (Å²) in [4.78, 5) is 0. The van der Waals surface area contributed by atoms with Gasteiger partial charge in [0.2, 0.25) is 0 Å². The predicted molar refractivity (Wildman–Crippen MR) is 52.1 cm³/mol. The van der Waals surface area contributed by atoms with Gasteiger partial charge in [-0.25, -0.2) is 0 Å². The number of aliphatic hydroxyl groups excluding tert-OH is 1. The molecule has 0 amide bonds. The second-order valence-electron chi connectivity index (χ2n) is 4.10. The molecule has 1 unspecified atom stereocenters. The first-order chi connectivity index (χ1) is 5.88. The number of hydrogen-bond donors (Lipinski definition) is 1. The molecular weight excluding hydrogens is 148 g/mol. The number of hydrogen-bond acceptors (Lipinski definition) is 1. The second kappa shape index (κ2) is 5.58. The molecule has 0 bridgehead atoms. The molecule has 1 aliphatic carbocycles. The van der Waals surface area contributed by atoms with Crippen molar-refractivity contribution in [3.8, 4) is 0 Å². The molecule has 12 heavy (non-hydrogen) atoms. The molecule has 1 atom stereocenters. The fourth-order valence-corrected chi connectivity index (χ4v) is 2.39. The van der Waals surface area contributed by atoms with Gasteiger partial charge in [0.15, 0.2) is 0 Å². The summed E-state index contributed by atoms with van der Waals surface area (Å²) in [7, 11) is 0. The Morgan fingerprint density at radius 2 is 1.75 bits per heavy atom. The van der Waals surface area contributed by atoms with Crippen LogP contribution in [0.25, 0.3) is 0 Å². The van der Waals surface area contributed by atoms with E-state index in [2.05, 4.69) is 6.92 Å². The summed E-state index contributed by atoms with van der Waals surface area (Å²) in [6, 6.07) is 0. The quantitative estimate of drug-likeness (QED) is 0.646. The summed E-state index contributed by atoms with van der Waals surface area (Å²) < 4.78 is 0. The molecule has 72 valence electrons. The highest BCUT2D eigenvalue weighted by molar-refractivity contribution is 4.71. The SMILES string of the molecule is CCC(CO)C1CCCCCC1. The Kier molecular flexibility index (Phi) is 4.67. The van der Waals surface area contributed by atoms with Crippen LogP contribution < -0.4 is 0 Å². The van der Waals surface area contributed by atoms with Crippen LogP contribution in [0.15, 0.2) is 0 Å². The first-order valence-corrected chi connectivity index (χ1v) is 5.49. The van der Waals surface area contributed by atoms with Crippen LogP contribution in [-0.4, -0.2) is 11.7 Å². The van der Waals surface area contributed by atoms with Gasteiger partial charge in [0.1, 0.15) is 0 Å². The van der Waals surface area contributed by atoms with E-state index in [0.29, 0.717) is 12.5 Å². The monoisotopic (exact) mass is 170 g/mol. The molecule has 1 heteroatoms. The van der Waals surface area contributed by atoms with Crippen LogP contribution >= 0.6 is 0 Å². The zero-order valence-electron chi connectivity index (χ0n) is 8.26. The van der Waals surface area contributed by atoms with Gasteiger partial charge in [0.25, 0.3) is 0 Å². The largest absolute Gasteiger partial charge is 0.396 e. The first kappa shape index (κ1) is 10.0. The van der Waals surface area contributed by atoms with Crippen molar-refractivity contribution in [3.05, 3.63) is 0 Å². The first-order valence-electron chi connectivity index (χ1n) is 5.49. The van der Waals surface area contributed by atoms with Crippen molar-refractivity contribution in [2.45, 2.75) is 51.9 Å². The molecule has 0 saturated heterocycles. The third-order valence-corrected chi connectivity index (χ3v) is 3.33. The maximum Gasteiger partial charge on any atom is 0.0461 e. The van der Waals surface area contributed by atoms with Gasteiger partial charge in [-0.1, -0.05) is 51.9 Å². The lowest BCUT2D eigenvalue weighted by atomic mass is 9.85. The van der Waals surface area contributed by atoms with Crippen molar-refractivity contribution in [1.29, 1.82) is 0 Å². The van der Waals surface area contributed by atoms with Crippen molar-refractivity contribution >= 4 is 0 Å². The average Bonchev–Trinajstić information content (AvgIpc) is 2.35. The van der Waals surface area contributed by atoms with Crippen LogP contribution in [0.4, 0.5) is 0 Å². The normalized spacial score (nSPS) is 23.5. The smallest absolute Gasteiger partial charge is 0.0461 e. The summed E-state index contributed by atoms with van der Waals surface area (Å²) in [5, 5.41) is 9.17. The van der Waals surface area contributed by atoms with Crippen LogP contribution in [0, 0.1) is 11.8 Å². The Labute approximate surface area is 76.2 Å². The van der Waals surface area contributed by atoms with Crippen LogP contribution in [0.3, 0.4) is 0 Å².